The van der Waals surface area contributed by atoms with E-state index in [1.807, 2.05) is 19.1 Å². The number of carbonyl (C=O) groups excluding carboxylic acids is 1. The van der Waals surface area contributed by atoms with Gasteiger partial charge >= 0.3 is 12.0 Å². The summed E-state index contributed by atoms with van der Waals surface area (Å²) in [6.45, 7) is 2.33. The quantitative estimate of drug-likeness (QED) is 0.687. The van der Waals surface area contributed by atoms with Crippen LogP contribution in [0.4, 0.5) is 4.79 Å². The van der Waals surface area contributed by atoms with Crippen LogP contribution in [-0.2, 0) is 4.79 Å². The number of carboxylic acids is 1. The predicted molar refractivity (Wildman–Crippen MR) is 79.8 cm³/mol. The molecule has 116 valence electrons. The molecule has 0 heterocycles. The summed E-state index contributed by atoms with van der Waals surface area (Å²) in [5.74, 6) is -0.386. The van der Waals surface area contributed by atoms with E-state index in [-0.39, 0.29) is 19.1 Å². The first-order chi connectivity index (χ1) is 10.0. The fourth-order valence-electron chi connectivity index (χ4n) is 1.54. The van der Waals surface area contributed by atoms with E-state index in [9.17, 15) is 9.59 Å². The smallest absolute Gasteiger partial charge is 0.314 e. The molecular formula is C14H19ClN2O4. The number of benzene rings is 1. The van der Waals surface area contributed by atoms with Crippen molar-refractivity contribution < 1.29 is 19.4 Å². The first-order valence-electron chi connectivity index (χ1n) is 6.67. The highest BCUT2D eigenvalue weighted by atomic mass is 35.5. The minimum atomic E-state index is -0.955. The molecule has 0 fully saturated rings. The molecule has 6 nitrogen and oxygen atoms in total. The van der Waals surface area contributed by atoms with Crippen molar-refractivity contribution in [2.75, 3.05) is 13.1 Å². The molecule has 0 saturated carbocycles. The van der Waals surface area contributed by atoms with Crippen molar-refractivity contribution in [3.63, 3.8) is 0 Å². The third-order valence-corrected chi connectivity index (χ3v) is 3.01. The molecule has 3 N–H and O–H groups in total. The summed E-state index contributed by atoms with van der Waals surface area (Å²) in [4.78, 5) is 21.8. The topological polar surface area (TPSA) is 87.7 Å². The summed E-state index contributed by atoms with van der Waals surface area (Å²) in [5.41, 5.74) is 0. The zero-order valence-corrected chi connectivity index (χ0v) is 12.5. The molecule has 0 aliphatic carbocycles. The lowest BCUT2D eigenvalue weighted by molar-refractivity contribution is -0.136. The summed E-state index contributed by atoms with van der Waals surface area (Å²) >= 11 is 6.01. The fourth-order valence-corrected chi connectivity index (χ4v) is 1.72. The van der Waals surface area contributed by atoms with E-state index in [1.165, 1.54) is 0 Å². The maximum Gasteiger partial charge on any atom is 0.314 e. The van der Waals surface area contributed by atoms with Gasteiger partial charge in [-0.2, -0.15) is 0 Å². The van der Waals surface area contributed by atoms with Gasteiger partial charge in [0.05, 0.1) is 18.0 Å². The molecule has 1 atom stereocenters. The number of carboxylic acid groups (broad SMARTS) is 1. The van der Waals surface area contributed by atoms with Crippen LogP contribution in [-0.4, -0.2) is 36.3 Å². The van der Waals surface area contributed by atoms with Crippen LogP contribution in [0.5, 0.6) is 5.75 Å². The van der Waals surface area contributed by atoms with E-state index in [1.54, 1.807) is 12.1 Å². The van der Waals surface area contributed by atoms with E-state index in [0.29, 0.717) is 23.7 Å². The molecule has 0 aliphatic rings. The molecule has 1 aromatic carbocycles. The Morgan fingerprint density at radius 1 is 1.33 bits per heavy atom. The Morgan fingerprint density at radius 3 is 2.67 bits per heavy atom. The maximum atomic E-state index is 11.5. The second-order valence-electron chi connectivity index (χ2n) is 4.36. The average molecular weight is 315 g/mol. The van der Waals surface area contributed by atoms with Crippen LogP contribution in [0.2, 0.25) is 5.02 Å². The summed E-state index contributed by atoms with van der Waals surface area (Å²) in [6.07, 6.45) is 0.372. The van der Waals surface area contributed by atoms with Gasteiger partial charge < -0.3 is 20.5 Å². The molecule has 1 unspecified atom stereocenters. The average Bonchev–Trinajstić information content (AvgIpc) is 2.45. The van der Waals surface area contributed by atoms with Gasteiger partial charge in [0.25, 0.3) is 0 Å². The molecule has 0 radical (unpaired) electrons. The summed E-state index contributed by atoms with van der Waals surface area (Å²) in [5, 5.41) is 14.1. The van der Waals surface area contributed by atoms with Crippen LogP contribution in [0.3, 0.4) is 0 Å². The largest absolute Gasteiger partial charge is 0.487 e. The number of para-hydroxylation sites is 1. The Morgan fingerprint density at radius 2 is 2.05 bits per heavy atom. The summed E-state index contributed by atoms with van der Waals surface area (Å²) in [6, 6.07) is 6.70. The van der Waals surface area contributed by atoms with Crippen LogP contribution in [0.1, 0.15) is 19.8 Å². The fraction of sp³-hybridized carbons (Fsp3) is 0.429. The highest BCUT2D eigenvalue weighted by molar-refractivity contribution is 6.32. The number of ether oxygens (including phenoxy) is 1. The lowest BCUT2D eigenvalue weighted by atomic mass is 10.2. The van der Waals surface area contributed by atoms with Gasteiger partial charge in [-0.25, -0.2) is 4.79 Å². The molecule has 21 heavy (non-hydrogen) atoms. The molecular weight excluding hydrogens is 296 g/mol. The van der Waals surface area contributed by atoms with E-state index in [4.69, 9.17) is 21.4 Å². The number of carbonyl (C=O) groups is 2. The Balaban J connectivity index is 2.36. The second kappa shape index (κ2) is 9.07. The van der Waals surface area contributed by atoms with Gasteiger partial charge in [0.15, 0.2) is 0 Å². The molecule has 0 spiro atoms. The van der Waals surface area contributed by atoms with E-state index in [2.05, 4.69) is 10.6 Å². The normalized spacial score (nSPS) is 11.5. The first-order valence-corrected chi connectivity index (χ1v) is 7.05. The monoisotopic (exact) mass is 314 g/mol. The highest BCUT2D eigenvalue weighted by Crippen LogP contribution is 2.24. The van der Waals surface area contributed by atoms with Gasteiger partial charge in [-0.3, -0.25) is 4.79 Å². The van der Waals surface area contributed by atoms with Crippen LogP contribution >= 0.6 is 11.6 Å². The third kappa shape index (κ3) is 6.85. The third-order valence-electron chi connectivity index (χ3n) is 2.70. The number of hydrogen-bond donors (Lipinski definition) is 3. The van der Waals surface area contributed by atoms with E-state index < -0.39 is 12.0 Å². The molecule has 7 heteroatoms. The minimum Gasteiger partial charge on any atom is -0.487 e. The second-order valence-corrected chi connectivity index (χ2v) is 4.77. The first kappa shape index (κ1) is 17.1. The number of nitrogens with one attached hydrogen (secondary N) is 2. The Bertz CT molecular complexity index is 482. The Hall–Kier alpha value is -1.95. The number of halogens is 1. The molecule has 0 bridgehead atoms. The zero-order valence-electron chi connectivity index (χ0n) is 11.8. The standard InChI is InChI=1S/C14H19ClN2O4/c1-2-10(21-12-6-4-3-5-11(12)15)9-17-14(20)16-8-7-13(18)19/h3-6,10H,2,7-9H2,1H3,(H,18,19)(H2,16,17,20). The summed E-state index contributed by atoms with van der Waals surface area (Å²) in [7, 11) is 0. The van der Waals surface area contributed by atoms with Gasteiger partial charge in [0, 0.05) is 6.54 Å². The van der Waals surface area contributed by atoms with Crippen molar-refractivity contribution >= 4 is 23.6 Å². The molecule has 1 rings (SSSR count). The van der Waals surface area contributed by atoms with Crippen molar-refractivity contribution in [3.8, 4) is 5.75 Å². The van der Waals surface area contributed by atoms with Crippen molar-refractivity contribution in [3.05, 3.63) is 29.3 Å². The van der Waals surface area contributed by atoms with Crippen molar-refractivity contribution in [1.29, 1.82) is 0 Å². The zero-order chi connectivity index (χ0) is 15.7. The molecule has 2 amide bonds. The number of amides is 2. The Kier molecular flexibility index (Phi) is 7.39. The minimum absolute atomic E-state index is 0.0866. The maximum absolute atomic E-state index is 11.5. The van der Waals surface area contributed by atoms with Gasteiger partial charge in [0.1, 0.15) is 11.9 Å². The van der Waals surface area contributed by atoms with Crippen LogP contribution in [0.25, 0.3) is 0 Å². The van der Waals surface area contributed by atoms with Crippen LogP contribution in [0, 0.1) is 0 Å². The van der Waals surface area contributed by atoms with Crippen LogP contribution in [0.15, 0.2) is 24.3 Å². The molecule has 1 aromatic rings. The lowest BCUT2D eigenvalue weighted by Gasteiger charge is -2.19. The van der Waals surface area contributed by atoms with E-state index >= 15 is 0 Å². The van der Waals surface area contributed by atoms with Crippen molar-refractivity contribution in [1.82, 2.24) is 10.6 Å². The highest BCUT2D eigenvalue weighted by Gasteiger charge is 2.12. The Labute approximate surface area is 128 Å². The predicted octanol–water partition coefficient (Wildman–Crippen LogP) is 2.27. The lowest BCUT2D eigenvalue weighted by Crippen LogP contribution is -2.41. The SMILES string of the molecule is CCC(CNC(=O)NCCC(=O)O)Oc1ccccc1Cl. The van der Waals surface area contributed by atoms with Gasteiger partial charge in [-0.15, -0.1) is 0 Å². The summed E-state index contributed by atoms with van der Waals surface area (Å²) < 4.78 is 5.72. The molecule has 0 aromatic heterocycles. The molecule has 0 aliphatic heterocycles. The van der Waals surface area contributed by atoms with Crippen molar-refractivity contribution in [2.24, 2.45) is 0 Å². The van der Waals surface area contributed by atoms with E-state index in [0.717, 1.165) is 0 Å². The number of urea groups is 1. The van der Waals surface area contributed by atoms with Crippen LogP contribution < -0.4 is 15.4 Å². The molecule has 0 saturated heterocycles. The number of rotatable bonds is 8. The number of aliphatic carboxylic acids is 1. The number of hydrogen-bond acceptors (Lipinski definition) is 3. The van der Waals surface area contributed by atoms with Crippen molar-refractivity contribution in [2.45, 2.75) is 25.9 Å². The van der Waals surface area contributed by atoms with Gasteiger partial charge in [-0.1, -0.05) is 30.7 Å². The van der Waals surface area contributed by atoms with Gasteiger partial charge in [-0.05, 0) is 18.6 Å². The van der Waals surface area contributed by atoms with Gasteiger partial charge in [0.2, 0.25) is 0 Å².